The Kier molecular flexibility index (Phi) is 6.73. The number of nitrogens with two attached hydrogens (primary N) is 1. The van der Waals surface area contributed by atoms with E-state index in [2.05, 4.69) is 27.7 Å². The Labute approximate surface area is 123 Å². The van der Waals surface area contributed by atoms with Gasteiger partial charge in [0.2, 0.25) is 0 Å². The van der Waals surface area contributed by atoms with E-state index in [1.54, 1.807) is 0 Å². The molecule has 0 bridgehead atoms. The monoisotopic (exact) mass is 276 g/mol. The lowest BCUT2D eigenvalue weighted by molar-refractivity contribution is 0.0714. The zero-order chi connectivity index (χ0) is 15.1. The van der Waals surface area contributed by atoms with Gasteiger partial charge in [-0.25, -0.2) is 0 Å². The highest BCUT2D eigenvalue weighted by atomic mass is 16.2. The molecule has 0 fully saturated rings. The summed E-state index contributed by atoms with van der Waals surface area (Å²) in [6.07, 6.45) is 0.749. The lowest BCUT2D eigenvalue weighted by atomic mass is 10.0. The quantitative estimate of drug-likeness (QED) is 0.832. The summed E-state index contributed by atoms with van der Waals surface area (Å²) >= 11 is 0. The molecule has 3 heteroatoms. The third-order valence-corrected chi connectivity index (χ3v) is 3.12. The van der Waals surface area contributed by atoms with Crippen molar-refractivity contribution in [3.8, 4) is 0 Å². The first-order valence-electron chi connectivity index (χ1n) is 7.53. The third kappa shape index (κ3) is 4.97. The first-order chi connectivity index (χ1) is 9.45. The molecular weight excluding hydrogens is 248 g/mol. The molecule has 0 heterocycles. The van der Waals surface area contributed by atoms with Crippen LogP contribution in [0.5, 0.6) is 0 Å². The average Bonchev–Trinajstić information content (AvgIpc) is 2.37. The number of carbonyl (C=O) groups excluding carboxylic acids is 1. The van der Waals surface area contributed by atoms with E-state index in [0.29, 0.717) is 18.4 Å². The van der Waals surface area contributed by atoms with Crippen LogP contribution in [0.15, 0.2) is 24.3 Å². The standard InChI is InChI=1S/C17H28N2O/c1-13(2)11-19(12-14(3)4)17(20)16-8-6-5-7-15(16)9-10-18/h5-8,13-14H,9-12,18H2,1-4H3. The Hall–Kier alpha value is -1.35. The van der Waals surface area contributed by atoms with Gasteiger partial charge in [-0.1, -0.05) is 45.9 Å². The highest BCUT2D eigenvalue weighted by Gasteiger charge is 2.20. The fourth-order valence-electron chi connectivity index (χ4n) is 2.39. The molecule has 3 nitrogen and oxygen atoms in total. The van der Waals surface area contributed by atoms with Crippen LogP contribution in [-0.2, 0) is 6.42 Å². The topological polar surface area (TPSA) is 46.3 Å². The molecule has 1 aromatic rings. The first kappa shape index (κ1) is 16.7. The Bertz CT molecular complexity index is 417. The Balaban J connectivity index is 2.98. The molecule has 0 atom stereocenters. The zero-order valence-corrected chi connectivity index (χ0v) is 13.2. The fraction of sp³-hybridized carbons (Fsp3) is 0.588. The normalized spacial score (nSPS) is 11.2. The number of nitrogens with zero attached hydrogens (tertiary/aromatic N) is 1. The molecule has 20 heavy (non-hydrogen) atoms. The van der Waals surface area contributed by atoms with E-state index in [0.717, 1.165) is 30.6 Å². The van der Waals surface area contributed by atoms with Crippen molar-refractivity contribution in [2.24, 2.45) is 17.6 Å². The number of benzene rings is 1. The first-order valence-corrected chi connectivity index (χ1v) is 7.53. The van der Waals surface area contributed by atoms with E-state index >= 15 is 0 Å². The number of hydrogen-bond acceptors (Lipinski definition) is 2. The van der Waals surface area contributed by atoms with E-state index in [1.165, 1.54) is 0 Å². The van der Waals surface area contributed by atoms with Crippen molar-refractivity contribution in [1.29, 1.82) is 0 Å². The SMILES string of the molecule is CC(C)CN(CC(C)C)C(=O)c1ccccc1CCN. The fourth-order valence-corrected chi connectivity index (χ4v) is 2.39. The molecule has 1 amide bonds. The largest absolute Gasteiger partial charge is 0.338 e. The van der Waals surface area contributed by atoms with E-state index in [-0.39, 0.29) is 5.91 Å². The minimum Gasteiger partial charge on any atom is -0.338 e. The van der Waals surface area contributed by atoms with Gasteiger partial charge in [0.15, 0.2) is 0 Å². The van der Waals surface area contributed by atoms with Crippen LogP contribution in [0.3, 0.4) is 0 Å². The minimum atomic E-state index is 0.136. The maximum Gasteiger partial charge on any atom is 0.254 e. The average molecular weight is 276 g/mol. The summed E-state index contributed by atoms with van der Waals surface area (Å²) in [7, 11) is 0. The lowest BCUT2D eigenvalue weighted by Crippen LogP contribution is -2.37. The second-order valence-electron chi connectivity index (χ2n) is 6.19. The molecule has 2 N–H and O–H groups in total. The minimum absolute atomic E-state index is 0.136. The highest BCUT2D eigenvalue weighted by Crippen LogP contribution is 2.15. The van der Waals surface area contributed by atoms with Crippen LogP contribution < -0.4 is 5.73 Å². The van der Waals surface area contributed by atoms with Gasteiger partial charge in [-0.15, -0.1) is 0 Å². The molecule has 112 valence electrons. The van der Waals surface area contributed by atoms with Gasteiger partial charge in [0.25, 0.3) is 5.91 Å². The van der Waals surface area contributed by atoms with Crippen LogP contribution >= 0.6 is 0 Å². The third-order valence-electron chi connectivity index (χ3n) is 3.12. The summed E-state index contributed by atoms with van der Waals surface area (Å²) in [5.41, 5.74) is 7.50. The second kappa shape index (κ2) is 8.05. The van der Waals surface area contributed by atoms with Gasteiger partial charge in [-0.05, 0) is 36.4 Å². The Morgan fingerprint density at radius 1 is 1.10 bits per heavy atom. The van der Waals surface area contributed by atoms with Crippen molar-refractivity contribution in [2.45, 2.75) is 34.1 Å². The molecule has 0 saturated heterocycles. The van der Waals surface area contributed by atoms with Crippen LogP contribution in [0.1, 0.15) is 43.6 Å². The van der Waals surface area contributed by atoms with E-state index in [9.17, 15) is 4.79 Å². The molecule has 0 aliphatic heterocycles. The van der Waals surface area contributed by atoms with Crippen molar-refractivity contribution >= 4 is 5.91 Å². The summed E-state index contributed by atoms with van der Waals surface area (Å²) in [6, 6.07) is 7.82. The van der Waals surface area contributed by atoms with E-state index in [4.69, 9.17) is 5.73 Å². The van der Waals surface area contributed by atoms with Gasteiger partial charge in [0.05, 0.1) is 0 Å². The van der Waals surface area contributed by atoms with Crippen LogP contribution in [-0.4, -0.2) is 30.4 Å². The number of carbonyl (C=O) groups is 1. The van der Waals surface area contributed by atoms with Crippen molar-refractivity contribution in [3.05, 3.63) is 35.4 Å². The van der Waals surface area contributed by atoms with Crippen LogP contribution in [0.25, 0.3) is 0 Å². The van der Waals surface area contributed by atoms with Gasteiger partial charge in [-0.3, -0.25) is 4.79 Å². The molecule has 0 aliphatic rings. The van der Waals surface area contributed by atoms with Gasteiger partial charge < -0.3 is 10.6 Å². The van der Waals surface area contributed by atoms with Gasteiger partial charge in [-0.2, -0.15) is 0 Å². The number of hydrogen-bond donors (Lipinski definition) is 1. The van der Waals surface area contributed by atoms with Crippen LogP contribution in [0.2, 0.25) is 0 Å². The molecule has 0 aromatic heterocycles. The Morgan fingerprint density at radius 3 is 2.15 bits per heavy atom. The van der Waals surface area contributed by atoms with Crippen LogP contribution in [0, 0.1) is 11.8 Å². The van der Waals surface area contributed by atoms with E-state index in [1.807, 2.05) is 29.2 Å². The molecule has 1 rings (SSSR count). The molecular formula is C17H28N2O. The van der Waals surface area contributed by atoms with Gasteiger partial charge in [0.1, 0.15) is 0 Å². The Morgan fingerprint density at radius 2 is 1.65 bits per heavy atom. The molecule has 0 radical (unpaired) electrons. The van der Waals surface area contributed by atoms with E-state index < -0.39 is 0 Å². The molecule has 1 aromatic carbocycles. The van der Waals surface area contributed by atoms with Crippen LogP contribution in [0.4, 0.5) is 0 Å². The lowest BCUT2D eigenvalue weighted by Gasteiger charge is -2.27. The highest BCUT2D eigenvalue weighted by molar-refractivity contribution is 5.95. The number of amides is 1. The van der Waals surface area contributed by atoms with Crippen molar-refractivity contribution in [1.82, 2.24) is 4.90 Å². The maximum atomic E-state index is 12.8. The molecule has 0 spiro atoms. The second-order valence-corrected chi connectivity index (χ2v) is 6.19. The summed E-state index contributed by atoms with van der Waals surface area (Å²) in [6.45, 7) is 10.7. The summed E-state index contributed by atoms with van der Waals surface area (Å²) in [4.78, 5) is 14.8. The number of rotatable bonds is 7. The molecule has 0 aliphatic carbocycles. The smallest absolute Gasteiger partial charge is 0.254 e. The van der Waals surface area contributed by atoms with Crippen molar-refractivity contribution in [3.63, 3.8) is 0 Å². The van der Waals surface area contributed by atoms with Gasteiger partial charge in [0, 0.05) is 18.7 Å². The van der Waals surface area contributed by atoms with Gasteiger partial charge >= 0.3 is 0 Å². The zero-order valence-electron chi connectivity index (χ0n) is 13.2. The molecule has 0 unspecified atom stereocenters. The predicted molar refractivity (Wildman–Crippen MR) is 84.8 cm³/mol. The van der Waals surface area contributed by atoms with Crippen molar-refractivity contribution in [2.75, 3.05) is 19.6 Å². The summed E-state index contributed by atoms with van der Waals surface area (Å²) < 4.78 is 0. The maximum absolute atomic E-state index is 12.8. The summed E-state index contributed by atoms with van der Waals surface area (Å²) in [5, 5.41) is 0. The predicted octanol–water partition coefficient (Wildman–Crippen LogP) is 2.94. The molecule has 0 saturated carbocycles. The summed E-state index contributed by atoms with van der Waals surface area (Å²) in [5.74, 6) is 1.08. The van der Waals surface area contributed by atoms with Crippen molar-refractivity contribution < 1.29 is 4.79 Å².